The van der Waals surface area contributed by atoms with E-state index in [1.54, 1.807) is 0 Å². The Labute approximate surface area is 194 Å². The van der Waals surface area contributed by atoms with Crippen molar-refractivity contribution in [2.75, 3.05) is 16.8 Å². The summed E-state index contributed by atoms with van der Waals surface area (Å²) >= 11 is 0. The third-order valence-electron chi connectivity index (χ3n) is 6.70. The molecule has 2 aliphatic rings. The van der Waals surface area contributed by atoms with Gasteiger partial charge in [0.2, 0.25) is 11.8 Å². The van der Waals surface area contributed by atoms with E-state index in [1.807, 2.05) is 24.3 Å². The summed E-state index contributed by atoms with van der Waals surface area (Å²) in [6.07, 6.45) is 2.71. The Morgan fingerprint density at radius 1 is 0.939 bits per heavy atom. The van der Waals surface area contributed by atoms with Gasteiger partial charge in [-0.3, -0.25) is 9.59 Å². The summed E-state index contributed by atoms with van der Waals surface area (Å²) in [6, 6.07) is 24.9. The molecule has 0 spiro atoms. The van der Waals surface area contributed by atoms with Gasteiger partial charge >= 0.3 is 0 Å². The zero-order chi connectivity index (χ0) is 22.6. The highest BCUT2D eigenvalue weighted by Crippen LogP contribution is 2.29. The van der Waals surface area contributed by atoms with Crippen molar-refractivity contribution in [1.29, 1.82) is 0 Å². The lowest BCUT2D eigenvalue weighted by Gasteiger charge is -2.24. The van der Waals surface area contributed by atoms with Crippen LogP contribution in [-0.2, 0) is 35.5 Å². The number of benzene rings is 3. The maximum Gasteiger partial charge on any atom is 0.227 e. The summed E-state index contributed by atoms with van der Waals surface area (Å²) in [7, 11) is 0. The first-order valence-corrected chi connectivity index (χ1v) is 11.7. The first-order chi connectivity index (χ1) is 16.2. The molecule has 0 saturated carbocycles. The van der Waals surface area contributed by atoms with Crippen LogP contribution >= 0.6 is 0 Å². The number of para-hydroxylation sites is 2. The van der Waals surface area contributed by atoms with Crippen molar-refractivity contribution in [2.24, 2.45) is 5.92 Å². The van der Waals surface area contributed by atoms with Gasteiger partial charge in [0.05, 0.1) is 0 Å². The Bertz CT molecular complexity index is 1160. The standard InChI is InChI=1S/C28H29N3O2/c32-27(14-13-24-17-23-6-1-3-7-25(23)30-28(24)33)29-18-20-9-11-21(12-10-20)19-31-16-15-22-5-2-4-8-26(22)31/h1-12,24H,13-19H2,(H,29,32)(H,30,33). The minimum atomic E-state index is -0.152. The fraction of sp³-hybridized carbons (Fsp3) is 0.286. The Balaban J connectivity index is 1.08. The maximum absolute atomic E-state index is 12.4. The third kappa shape index (κ3) is 4.92. The zero-order valence-corrected chi connectivity index (χ0v) is 18.7. The number of fused-ring (bicyclic) bond motifs is 2. The Hall–Kier alpha value is -3.60. The Kier molecular flexibility index (Phi) is 6.11. The van der Waals surface area contributed by atoms with Gasteiger partial charge in [0.1, 0.15) is 0 Å². The van der Waals surface area contributed by atoms with Gasteiger partial charge in [0.25, 0.3) is 0 Å². The first-order valence-electron chi connectivity index (χ1n) is 11.7. The van der Waals surface area contributed by atoms with Gasteiger partial charge in [-0.1, -0.05) is 60.7 Å². The van der Waals surface area contributed by atoms with Crippen LogP contribution in [0, 0.1) is 5.92 Å². The molecule has 1 unspecified atom stereocenters. The van der Waals surface area contributed by atoms with E-state index >= 15 is 0 Å². The molecule has 0 bridgehead atoms. The average molecular weight is 440 g/mol. The van der Waals surface area contributed by atoms with Crippen LogP contribution in [0.4, 0.5) is 11.4 Å². The lowest BCUT2D eigenvalue weighted by Crippen LogP contribution is -2.31. The molecule has 2 aliphatic heterocycles. The molecule has 0 aromatic heterocycles. The Morgan fingerprint density at radius 2 is 1.67 bits per heavy atom. The summed E-state index contributed by atoms with van der Waals surface area (Å²) in [5.74, 6) is -0.155. The molecule has 5 rings (SSSR count). The number of rotatable bonds is 7. The lowest BCUT2D eigenvalue weighted by molar-refractivity contribution is -0.122. The fourth-order valence-corrected chi connectivity index (χ4v) is 4.79. The predicted octanol–water partition coefficient (Wildman–Crippen LogP) is 4.46. The third-order valence-corrected chi connectivity index (χ3v) is 6.70. The molecule has 5 heteroatoms. The van der Waals surface area contributed by atoms with Crippen molar-refractivity contribution < 1.29 is 9.59 Å². The largest absolute Gasteiger partial charge is 0.367 e. The molecule has 0 fully saturated rings. The van der Waals surface area contributed by atoms with E-state index in [0.29, 0.717) is 25.8 Å². The monoisotopic (exact) mass is 439 g/mol. The highest BCUT2D eigenvalue weighted by Gasteiger charge is 2.26. The van der Waals surface area contributed by atoms with Gasteiger partial charge in [-0.05, 0) is 53.6 Å². The number of carbonyl (C=O) groups is 2. The SMILES string of the molecule is O=C(CCC1Cc2ccccc2NC1=O)NCc1ccc(CN2CCc3ccccc32)cc1. The molecule has 0 radical (unpaired) electrons. The molecular weight excluding hydrogens is 410 g/mol. The molecule has 33 heavy (non-hydrogen) atoms. The summed E-state index contributed by atoms with van der Waals surface area (Å²) < 4.78 is 0. The number of hydrogen-bond acceptors (Lipinski definition) is 3. The second kappa shape index (κ2) is 9.49. The highest BCUT2D eigenvalue weighted by atomic mass is 16.2. The number of anilines is 2. The van der Waals surface area contributed by atoms with Crippen molar-refractivity contribution in [1.82, 2.24) is 5.32 Å². The number of nitrogens with one attached hydrogen (secondary N) is 2. The molecule has 3 aromatic rings. The van der Waals surface area contributed by atoms with Gasteiger partial charge in [0, 0.05) is 43.3 Å². The van der Waals surface area contributed by atoms with Crippen LogP contribution in [0.25, 0.3) is 0 Å². The van der Waals surface area contributed by atoms with Gasteiger partial charge in [0.15, 0.2) is 0 Å². The zero-order valence-electron chi connectivity index (χ0n) is 18.7. The predicted molar refractivity (Wildman–Crippen MR) is 131 cm³/mol. The smallest absolute Gasteiger partial charge is 0.227 e. The van der Waals surface area contributed by atoms with Crippen LogP contribution in [0.2, 0.25) is 0 Å². The molecule has 5 nitrogen and oxygen atoms in total. The quantitative estimate of drug-likeness (QED) is 0.572. The van der Waals surface area contributed by atoms with Crippen LogP contribution in [0.1, 0.15) is 35.1 Å². The van der Waals surface area contributed by atoms with Crippen molar-refractivity contribution in [3.05, 3.63) is 95.1 Å². The molecule has 168 valence electrons. The number of amides is 2. The molecular formula is C28H29N3O2. The summed E-state index contributed by atoms with van der Waals surface area (Å²) in [5, 5.41) is 5.95. The summed E-state index contributed by atoms with van der Waals surface area (Å²) in [6.45, 7) is 2.46. The van der Waals surface area contributed by atoms with Crippen molar-refractivity contribution in [3.63, 3.8) is 0 Å². The van der Waals surface area contributed by atoms with Crippen LogP contribution < -0.4 is 15.5 Å². The topological polar surface area (TPSA) is 61.4 Å². The maximum atomic E-state index is 12.4. The van der Waals surface area contributed by atoms with E-state index in [-0.39, 0.29) is 17.7 Å². The van der Waals surface area contributed by atoms with Gasteiger partial charge in [-0.15, -0.1) is 0 Å². The van der Waals surface area contributed by atoms with E-state index in [9.17, 15) is 9.59 Å². The Morgan fingerprint density at radius 3 is 2.52 bits per heavy atom. The molecule has 0 saturated heterocycles. The molecule has 0 aliphatic carbocycles. The van der Waals surface area contributed by atoms with Gasteiger partial charge in [-0.25, -0.2) is 0 Å². The van der Waals surface area contributed by atoms with Gasteiger partial charge in [-0.2, -0.15) is 0 Å². The molecule has 2 heterocycles. The first kappa shape index (κ1) is 21.3. The minimum absolute atomic E-state index is 0.0118. The summed E-state index contributed by atoms with van der Waals surface area (Å²) in [5.41, 5.74) is 7.14. The van der Waals surface area contributed by atoms with E-state index in [2.05, 4.69) is 64.1 Å². The van der Waals surface area contributed by atoms with Gasteiger partial charge < -0.3 is 15.5 Å². The second-order valence-corrected chi connectivity index (χ2v) is 8.98. The van der Waals surface area contributed by atoms with Crippen LogP contribution in [0.5, 0.6) is 0 Å². The molecule has 2 amide bonds. The number of hydrogen-bond donors (Lipinski definition) is 2. The summed E-state index contributed by atoms with van der Waals surface area (Å²) in [4.78, 5) is 27.1. The molecule has 1 atom stereocenters. The normalized spacial score (nSPS) is 16.7. The number of nitrogens with zero attached hydrogens (tertiary/aromatic N) is 1. The molecule has 2 N–H and O–H groups in total. The van der Waals surface area contributed by atoms with E-state index in [0.717, 1.165) is 36.3 Å². The minimum Gasteiger partial charge on any atom is -0.367 e. The van der Waals surface area contributed by atoms with Crippen LogP contribution in [-0.4, -0.2) is 18.4 Å². The fourth-order valence-electron chi connectivity index (χ4n) is 4.79. The van der Waals surface area contributed by atoms with E-state index in [1.165, 1.54) is 16.8 Å². The number of carbonyl (C=O) groups excluding carboxylic acids is 2. The lowest BCUT2D eigenvalue weighted by atomic mass is 9.89. The van der Waals surface area contributed by atoms with E-state index in [4.69, 9.17) is 0 Å². The van der Waals surface area contributed by atoms with E-state index < -0.39 is 0 Å². The molecule has 3 aromatic carbocycles. The van der Waals surface area contributed by atoms with Crippen LogP contribution in [0.15, 0.2) is 72.8 Å². The highest BCUT2D eigenvalue weighted by molar-refractivity contribution is 5.96. The van der Waals surface area contributed by atoms with Crippen molar-refractivity contribution >= 4 is 23.2 Å². The average Bonchev–Trinajstić information content (AvgIpc) is 3.25. The second-order valence-electron chi connectivity index (χ2n) is 8.98. The van der Waals surface area contributed by atoms with Crippen LogP contribution in [0.3, 0.4) is 0 Å². The van der Waals surface area contributed by atoms with Crippen molar-refractivity contribution in [3.8, 4) is 0 Å². The van der Waals surface area contributed by atoms with Crippen molar-refractivity contribution in [2.45, 2.75) is 38.8 Å².